The Kier molecular flexibility index (Phi) is 4.96. The van der Waals surface area contributed by atoms with Gasteiger partial charge in [-0.05, 0) is 54.2 Å². The Balaban J connectivity index is 1.34. The highest BCUT2D eigenvalue weighted by Gasteiger charge is 2.43. The predicted molar refractivity (Wildman–Crippen MR) is 127 cm³/mol. The van der Waals surface area contributed by atoms with Crippen molar-refractivity contribution < 1.29 is 9.90 Å². The highest BCUT2D eigenvalue weighted by Crippen LogP contribution is 2.47. The number of aliphatic hydroxyl groups is 1. The van der Waals surface area contributed by atoms with Crippen molar-refractivity contribution in [2.45, 2.75) is 44.6 Å². The molecule has 0 radical (unpaired) electrons. The van der Waals surface area contributed by atoms with Crippen LogP contribution in [0.25, 0.3) is 22.0 Å². The summed E-state index contributed by atoms with van der Waals surface area (Å²) in [5.41, 5.74) is 9.85. The van der Waals surface area contributed by atoms with E-state index in [0.29, 0.717) is 41.0 Å². The van der Waals surface area contributed by atoms with Crippen LogP contribution in [0.1, 0.15) is 49.3 Å². The van der Waals surface area contributed by atoms with Crippen molar-refractivity contribution in [3.05, 3.63) is 41.9 Å². The maximum absolute atomic E-state index is 12.4. The second-order valence-electron chi connectivity index (χ2n) is 9.84. The molecular formula is C26H26N6O2. The first-order chi connectivity index (χ1) is 16.5. The predicted octanol–water partition coefficient (Wildman–Crippen LogP) is 3.77. The van der Waals surface area contributed by atoms with E-state index in [1.54, 1.807) is 24.7 Å². The van der Waals surface area contributed by atoms with E-state index in [4.69, 9.17) is 11.0 Å². The number of aliphatic hydroxyl groups excluding tert-OH is 1. The summed E-state index contributed by atoms with van der Waals surface area (Å²) in [5.74, 6) is 1.03. The van der Waals surface area contributed by atoms with Gasteiger partial charge in [-0.15, -0.1) is 0 Å². The molecule has 2 saturated carbocycles. The third-order valence-corrected chi connectivity index (χ3v) is 7.86. The summed E-state index contributed by atoms with van der Waals surface area (Å²) >= 11 is 0. The lowest BCUT2D eigenvalue weighted by atomic mass is 9.67. The fourth-order valence-electron chi connectivity index (χ4n) is 5.55. The quantitative estimate of drug-likeness (QED) is 0.545. The van der Waals surface area contributed by atoms with Gasteiger partial charge in [0.25, 0.3) is 0 Å². The first kappa shape index (κ1) is 21.0. The van der Waals surface area contributed by atoms with E-state index in [1.165, 1.54) is 19.3 Å². The molecule has 0 spiro atoms. The number of anilines is 2. The Bertz CT molecular complexity index is 1350. The molecule has 34 heavy (non-hydrogen) atoms. The molecule has 0 bridgehead atoms. The Morgan fingerprint density at radius 1 is 1.21 bits per heavy atom. The number of pyridine rings is 3. The Morgan fingerprint density at radius 2 is 2.06 bits per heavy atom. The third-order valence-electron chi connectivity index (χ3n) is 7.86. The van der Waals surface area contributed by atoms with Crippen LogP contribution >= 0.6 is 0 Å². The lowest BCUT2D eigenvalue weighted by Crippen LogP contribution is -2.31. The summed E-state index contributed by atoms with van der Waals surface area (Å²) in [7, 11) is 0. The molecule has 0 aliphatic heterocycles. The van der Waals surface area contributed by atoms with Gasteiger partial charge >= 0.3 is 0 Å². The zero-order valence-corrected chi connectivity index (χ0v) is 18.7. The van der Waals surface area contributed by atoms with Crippen LogP contribution in [-0.4, -0.2) is 26.0 Å². The minimum absolute atomic E-state index is 0.183. The smallest absolute Gasteiger partial charge is 0.230 e. The topological polar surface area (TPSA) is 138 Å². The Labute approximate surface area is 197 Å². The third kappa shape index (κ3) is 3.48. The summed E-state index contributed by atoms with van der Waals surface area (Å²) in [6, 6.07) is 5.84. The molecule has 2 unspecified atom stereocenters. The first-order valence-corrected chi connectivity index (χ1v) is 12.0. The van der Waals surface area contributed by atoms with Crippen molar-refractivity contribution >= 4 is 28.3 Å². The number of nitrogen functional groups attached to an aromatic ring is 1. The van der Waals surface area contributed by atoms with Crippen molar-refractivity contribution in [1.29, 1.82) is 5.26 Å². The van der Waals surface area contributed by atoms with Crippen molar-refractivity contribution in [3.63, 3.8) is 0 Å². The standard InChI is InChI=1S/C26H26N6O2/c27-9-15-6-18(15)26(34)32-23-8-14-7-22(31-25(28)19(14)12-30-23)20-10-29-11-21-17(20)5-4-16(24(21)33)13-2-1-3-13/h7-8,10-13,15-16,18,24,33H,1-6H2,(H2,28,31)(H,30,32,34)/t15-,16?,18+,24?/m1/s1. The van der Waals surface area contributed by atoms with Gasteiger partial charge < -0.3 is 16.2 Å². The van der Waals surface area contributed by atoms with E-state index in [2.05, 4.69) is 26.3 Å². The van der Waals surface area contributed by atoms with E-state index in [0.717, 1.165) is 34.9 Å². The van der Waals surface area contributed by atoms with Gasteiger partial charge in [-0.1, -0.05) is 19.3 Å². The number of carbonyl (C=O) groups excluding carboxylic acids is 1. The number of nitrogens with two attached hydrogens (primary N) is 1. The van der Waals surface area contributed by atoms with Crippen LogP contribution in [-0.2, 0) is 11.2 Å². The largest absolute Gasteiger partial charge is 0.388 e. The SMILES string of the molecule is N#C[C@H]1C[C@@H]1C(=O)Nc1cc2cc(-c3cncc4c3CCC(C3CCC3)C4O)nc(N)c2cn1. The van der Waals surface area contributed by atoms with Crippen LogP contribution in [0.5, 0.6) is 0 Å². The molecule has 3 aromatic heterocycles. The zero-order valence-electron chi connectivity index (χ0n) is 18.7. The summed E-state index contributed by atoms with van der Waals surface area (Å²) in [6.07, 6.45) is 10.8. The van der Waals surface area contributed by atoms with E-state index in [-0.39, 0.29) is 17.7 Å². The van der Waals surface area contributed by atoms with E-state index >= 15 is 0 Å². The second kappa shape index (κ2) is 8.03. The van der Waals surface area contributed by atoms with E-state index in [1.807, 2.05) is 6.07 Å². The minimum Gasteiger partial charge on any atom is -0.388 e. The van der Waals surface area contributed by atoms with Gasteiger partial charge in [-0.2, -0.15) is 5.26 Å². The molecule has 3 heterocycles. The van der Waals surface area contributed by atoms with Crippen molar-refractivity contribution in [3.8, 4) is 17.3 Å². The molecule has 3 aromatic rings. The van der Waals surface area contributed by atoms with Gasteiger partial charge in [0.1, 0.15) is 11.6 Å². The van der Waals surface area contributed by atoms with Crippen LogP contribution in [0.15, 0.2) is 30.7 Å². The number of amides is 1. The Morgan fingerprint density at radius 3 is 2.79 bits per heavy atom. The molecule has 4 N–H and O–H groups in total. The maximum Gasteiger partial charge on any atom is 0.230 e. The van der Waals surface area contributed by atoms with Crippen molar-refractivity contribution in [2.75, 3.05) is 11.1 Å². The van der Waals surface area contributed by atoms with Gasteiger partial charge in [0.2, 0.25) is 5.91 Å². The normalized spacial score (nSPS) is 25.8. The molecule has 2 fully saturated rings. The molecule has 3 aliphatic carbocycles. The Hall–Kier alpha value is -3.57. The van der Waals surface area contributed by atoms with Crippen LogP contribution in [0, 0.1) is 35.0 Å². The summed E-state index contributed by atoms with van der Waals surface area (Å²) in [6.45, 7) is 0. The zero-order chi connectivity index (χ0) is 23.4. The number of nitrogens with one attached hydrogen (secondary N) is 1. The molecular weight excluding hydrogens is 428 g/mol. The number of rotatable bonds is 4. The molecule has 3 aliphatic rings. The average Bonchev–Trinajstić information content (AvgIpc) is 3.59. The lowest BCUT2D eigenvalue weighted by Gasteiger charge is -2.40. The van der Waals surface area contributed by atoms with Gasteiger partial charge in [-0.25, -0.2) is 9.97 Å². The number of nitrogens with zero attached hydrogens (tertiary/aromatic N) is 4. The molecule has 6 rings (SSSR count). The highest BCUT2D eigenvalue weighted by atomic mass is 16.3. The molecule has 172 valence electrons. The molecule has 8 heteroatoms. The van der Waals surface area contributed by atoms with Crippen LogP contribution in [0.2, 0.25) is 0 Å². The summed E-state index contributed by atoms with van der Waals surface area (Å²) in [4.78, 5) is 25.7. The van der Waals surface area contributed by atoms with E-state index in [9.17, 15) is 9.90 Å². The second-order valence-corrected chi connectivity index (χ2v) is 9.84. The molecule has 8 nitrogen and oxygen atoms in total. The van der Waals surface area contributed by atoms with Crippen LogP contribution in [0.4, 0.5) is 11.6 Å². The van der Waals surface area contributed by atoms with Gasteiger partial charge in [0, 0.05) is 35.1 Å². The number of aromatic nitrogens is 3. The number of hydrogen-bond acceptors (Lipinski definition) is 7. The molecule has 0 aromatic carbocycles. The van der Waals surface area contributed by atoms with Gasteiger partial charge in [-0.3, -0.25) is 9.78 Å². The van der Waals surface area contributed by atoms with Crippen LogP contribution < -0.4 is 11.1 Å². The van der Waals surface area contributed by atoms with Crippen molar-refractivity contribution in [2.24, 2.45) is 23.7 Å². The number of hydrogen-bond donors (Lipinski definition) is 3. The van der Waals surface area contributed by atoms with Gasteiger partial charge in [0.05, 0.1) is 29.7 Å². The van der Waals surface area contributed by atoms with Crippen molar-refractivity contribution in [1.82, 2.24) is 15.0 Å². The first-order valence-electron chi connectivity index (χ1n) is 12.0. The highest BCUT2D eigenvalue weighted by molar-refractivity contribution is 5.98. The average molecular weight is 455 g/mol. The number of carbonyl (C=O) groups is 1. The monoisotopic (exact) mass is 454 g/mol. The maximum atomic E-state index is 12.4. The number of fused-ring (bicyclic) bond motifs is 2. The van der Waals surface area contributed by atoms with Gasteiger partial charge in [0.15, 0.2) is 0 Å². The van der Waals surface area contributed by atoms with E-state index < -0.39 is 6.10 Å². The minimum atomic E-state index is -0.495. The molecule has 4 atom stereocenters. The fourth-order valence-corrected chi connectivity index (χ4v) is 5.55. The molecule has 0 saturated heterocycles. The number of nitriles is 1. The molecule has 1 amide bonds. The van der Waals surface area contributed by atoms with Crippen LogP contribution in [0.3, 0.4) is 0 Å². The summed E-state index contributed by atoms with van der Waals surface area (Å²) in [5, 5.41) is 24.4. The fraction of sp³-hybridized carbons (Fsp3) is 0.423. The lowest BCUT2D eigenvalue weighted by molar-refractivity contribution is -0.117. The summed E-state index contributed by atoms with van der Waals surface area (Å²) < 4.78 is 0.